The number of ether oxygens (including phenoxy) is 2. The summed E-state index contributed by atoms with van der Waals surface area (Å²) < 4.78 is 41.9. The highest BCUT2D eigenvalue weighted by Crippen LogP contribution is 2.37. The topological polar surface area (TPSA) is 78.6 Å². The molecule has 2 rings (SSSR count). The van der Waals surface area contributed by atoms with Gasteiger partial charge in [-0.3, -0.25) is 9.59 Å². The fourth-order valence-corrected chi connectivity index (χ4v) is 2.68. The molecule has 8 heteroatoms. The summed E-state index contributed by atoms with van der Waals surface area (Å²) in [4.78, 5) is 20.3. The van der Waals surface area contributed by atoms with Crippen LogP contribution in [0.25, 0.3) is 0 Å². The van der Waals surface area contributed by atoms with Gasteiger partial charge in [0.2, 0.25) is 6.29 Å². The molecule has 0 aliphatic heterocycles. The molecule has 2 N–H and O–H groups in total. The third-order valence-corrected chi connectivity index (χ3v) is 3.79. The third-order valence-electron chi connectivity index (χ3n) is 3.79. The predicted octanol–water partition coefficient (Wildman–Crippen LogP) is 3.14. The fourth-order valence-electron chi connectivity index (χ4n) is 2.68. The molecule has 0 spiro atoms. The van der Waals surface area contributed by atoms with Crippen LogP contribution >= 0.6 is 0 Å². The van der Waals surface area contributed by atoms with Crippen LogP contribution in [0.2, 0.25) is 0 Å². The van der Waals surface area contributed by atoms with Gasteiger partial charge >= 0.3 is 12.1 Å². The van der Waals surface area contributed by atoms with Crippen LogP contribution in [0, 0.1) is 0 Å². The van der Waals surface area contributed by atoms with Crippen LogP contribution < -0.4 is 10.5 Å². The Hall–Kier alpha value is -2.09. The first-order chi connectivity index (χ1) is 12.3. The first kappa shape index (κ1) is 22.0. The molecule has 0 unspecified atom stereocenters. The number of halogens is 3. The van der Waals surface area contributed by atoms with E-state index in [9.17, 15) is 18.0 Å². The molecular formula is C18H24F3NO4. The number of alkyl halides is 3. The summed E-state index contributed by atoms with van der Waals surface area (Å²) in [6, 6.07) is 6.17. The van der Waals surface area contributed by atoms with Gasteiger partial charge in [-0.2, -0.15) is 13.2 Å². The number of esters is 1. The highest BCUT2D eigenvalue weighted by Gasteiger charge is 2.26. The maximum absolute atomic E-state index is 11.6. The number of aryl methyl sites for hydroxylation is 1. The molecule has 1 aliphatic rings. The second-order valence-corrected chi connectivity index (χ2v) is 5.76. The number of hydrogen-bond donors (Lipinski definition) is 1. The Morgan fingerprint density at radius 1 is 1.38 bits per heavy atom. The molecule has 0 saturated carbocycles. The van der Waals surface area contributed by atoms with Crippen LogP contribution in [0.15, 0.2) is 18.2 Å². The second kappa shape index (κ2) is 10.8. The first-order valence-electron chi connectivity index (χ1n) is 8.45. The molecule has 5 nitrogen and oxygen atoms in total. The van der Waals surface area contributed by atoms with E-state index >= 15 is 0 Å². The van der Waals surface area contributed by atoms with Gasteiger partial charge in [-0.15, -0.1) is 0 Å². The van der Waals surface area contributed by atoms with Gasteiger partial charge in [0.15, 0.2) is 0 Å². The maximum atomic E-state index is 11.6. The smallest absolute Gasteiger partial charge is 0.446 e. The number of fused-ring (bicyclic) bond motifs is 1. The molecule has 0 saturated heterocycles. The molecule has 146 valence electrons. The van der Waals surface area contributed by atoms with E-state index in [1.165, 1.54) is 11.1 Å². The summed E-state index contributed by atoms with van der Waals surface area (Å²) >= 11 is 0. The minimum Gasteiger partial charge on any atom is -0.494 e. The molecule has 0 heterocycles. The van der Waals surface area contributed by atoms with Crippen molar-refractivity contribution in [2.75, 3.05) is 19.8 Å². The van der Waals surface area contributed by atoms with E-state index in [2.05, 4.69) is 12.1 Å². The molecule has 0 amide bonds. The molecule has 1 atom stereocenters. The van der Waals surface area contributed by atoms with Crippen LogP contribution in [0.4, 0.5) is 13.2 Å². The zero-order chi connectivity index (χ0) is 19.6. The molecule has 26 heavy (non-hydrogen) atoms. The van der Waals surface area contributed by atoms with Crippen molar-refractivity contribution in [1.29, 1.82) is 0 Å². The summed E-state index contributed by atoms with van der Waals surface area (Å²) in [7, 11) is 0. The number of carbonyl (C=O) groups is 2. The van der Waals surface area contributed by atoms with Crippen molar-refractivity contribution in [2.24, 2.45) is 5.73 Å². The van der Waals surface area contributed by atoms with E-state index in [1.54, 1.807) is 0 Å². The van der Waals surface area contributed by atoms with Crippen LogP contribution in [0.1, 0.15) is 43.2 Å². The highest BCUT2D eigenvalue weighted by molar-refractivity contribution is 5.71. The molecule has 1 aliphatic carbocycles. The van der Waals surface area contributed by atoms with Gasteiger partial charge in [-0.1, -0.05) is 6.07 Å². The largest absolute Gasteiger partial charge is 0.494 e. The Bertz CT molecular complexity index is 590. The lowest BCUT2D eigenvalue weighted by atomic mass is 9.98. The fraction of sp³-hybridized carbons (Fsp3) is 0.556. The zero-order valence-electron chi connectivity index (χ0n) is 14.7. The van der Waals surface area contributed by atoms with Crippen molar-refractivity contribution < 1.29 is 32.2 Å². The van der Waals surface area contributed by atoms with Crippen molar-refractivity contribution in [3.63, 3.8) is 0 Å². The Balaban J connectivity index is 0.000000487. The monoisotopic (exact) mass is 375 g/mol. The molecule has 0 radical (unpaired) electrons. The lowest BCUT2D eigenvalue weighted by Crippen LogP contribution is -2.08. The summed E-state index contributed by atoms with van der Waals surface area (Å²) in [5.74, 6) is 1.09. The van der Waals surface area contributed by atoms with E-state index in [4.69, 9.17) is 20.0 Å². The number of hydrogen-bond acceptors (Lipinski definition) is 5. The lowest BCUT2D eigenvalue weighted by molar-refractivity contribution is -0.156. The van der Waals surface area contributed by atoms with Crippen molar-refractivity contribution in [1.82, 2.24) is 0 Å². The van der Waals surface area contributed by atoms with Crippen molar-refractivity contribution >= 4 is 12.3 Å². The summed E-state index contributed by atoms with van der Waals surface area (Å²) in [6.45, 7) is 3.59. The van der Waals surface area contributed by atoms with Crippen LogP contribution in [0.3, 0.4) is 0 Å². The quantitative estimate of drug-likeness (QED) is 0.450. The van der Waals surface area contributed by atoms with Gasteiger partial charge in [0.1, 0.15) is 5.75 Å². The molecule has 1 aromatic rings. The van der Waals surface area contributed by atoms with E-state index in [1.807, 2.05) is 13.0 Å². The number of aldehydes is 1. The van der Waals surface area contributed by atoms with E-state index in [0.29, 0.717) is 32.1 Å². The number of benzene rings is 1. The molecular weight excluding hydrogens is 351 g/mol. The van der Waals surface area contributed by atoms with Crippen LogP contribution in [-0.2, 0) is 20.7 Å². The zero-order valence-corrected chi connectivity index (χ0v) is 14.7. The van der Waals surface area contributed by atoms with Crippen molar-refractivity contribution in [3.05, 3.63) is 29.3 Å². The maximum Gasteiger partial charge on any atom is 0.446 e. The van der Waals surface area contributed by atoms with Gasteiger partial charge in [-0.05, 0) is 61.9 Å². The number of rotatable bonds is 7. The van der Waals surface area contributed by atoms with Gasteiger partial charge in [-0.25, -0.2) is 0 Å². The average molecular weight is 375 g/mol. The lowest BCUT2D eigenvalue weighted by Gasteiger charge is -2.12. The molecule has 0 fully saturated rings. The van der Waals surface area contributed by atoms with E-state index in [-0.39, 0.29) is 5.97 Å². The standard InChI is InChI=1S/C16H23NO3.C2HF3O/c1-2-19-16(18)11-13-5-4-12-10-14(6-7-15(12)13)20-9-3-8-17;3-2(4,5)1-6/h6-7,10,13H,2-5,8-9,11,17H2,1H3;1H/t13-;/m0./s1. The highest BCUT2D eigenvalue weighted by atomic mass is 19.4. The van der Waals surface area contributed by atoms with Crippen molar-refractivity contribution in [2.45, 2.75) is 44.7 Å². The molecule has 0 aromatic heterocycles. The van der Waals surface area contributed by atoms with Gasteiger partial charge in [0, 0.05) is 0 Å². The summed E-state index contributed by atoms with van der Waals surface area (Å²) in [5, 5.41) is 0. The van der Waals surface area contributed by atoms with Crippen molar-refractivity contribution in [3.8, 4) is 5.75 Å². The van der Waals surface area contributed by atoms with Gasteiger partial charge < -0.3 is 15.2 Å². The van der Waals surface area contributed by atoms with Gasteiger partial charge in [0.05, 0.1) is 19.6 Å². The minimum atomic E-state index is -4.64. The Morgan fingerprint density at radius 2 is 2.08 bits per heavy atom. The Kier molecular flexibility index (Phi) is 9.12. The molecule has 1 aromatic carbocycles. The Morgan fingerprint density at radius 3 is 2.65 bits per heavy atom. The SMILES string of the molecule is CCOC(=O)C[C@@H]1CCc2cc(OCCCN)ccc21.O=CC(F)(F)F. The first-order valence-corrected chi connectivity index (χ1v) is 8.45. The third kappa shape index (κ3) is 7.86. The van der Waals surface area contributed by atoms with Crippen LogP contribution in [-0.4, -0.2) is 38.2 Å². The second-order valence-electron chi connectivity index (χ2n) is 5.76. The van der Waals surface area contributed by atoms with E-state index < -0.39 is 12.5 Å². The molecule has 0 bridgehead atoms. The summed E-state index contributed by atoms with van der Waals surface area (Å²) in [6.07, 6.45) is -2.34. The average Bonchev–Trinajstić information content (AvgIpc) is 2.97. The summed E-state index contributed by atoms with van der Waals surface area (Å²) in [5.41, 5.74) is 8.01. The van der Waals surface area contributed by atoms with Gasteiger partial charge in [0.25, 0.3) is 0 Å². The van der Waals surface area contributed by atoms with E-state index in [0.717, 1.165) is 25.0 Å². The van der Waals surface area contributed by atoms with Crippen LogP contribution in [0.5, 0.6) is 5.75 Å². The Labute approximate surface area is 150 Å². The minimum absolute atomic E-state index is 0.103. The predicted molar refractivity (Wildman–Crippen MR) is 90.0 cm³/mol. The number of nitrogens with two attached hydrogens (primary N) is 1. The number of carbonyl (C=O) groups excluding carboxylic acids is 2. The normalized spacial score (nSPS) is 15.5.